The van der Waals surface area contributed by atoms with Gasteiger partial charge in [-0.15, -0.1) is 0 Å². The SMILES string of the molecule is COc1ccc2c3c1O[C@H]1[C@@H](O)C=C[C@H]4[C@@H](C2)[N@+](C)(CCl)CC[C@@]341.[I-]. The highest BCUT2D eigenvalue weighted by atomic mass is 127. The largest absolute Gasteiger partial charge is 1.00 e. The minimum Gasteiger partial charge on any atom is -1.00 e. The number of hydrogen-bond acceptors (Lipinski definition) is 3. The zero-order chi connectivity index (χ0) is 16.7. The summed E-state index contributed by atoms with van der Waals surface area (Å²) in [5, 5.41) is 10.7. The first-order valence-electron chi connectivity index (χ1n) is 8.69. The van der Waals surface area contributed by atoms with Crippen LogP contribution in [-0.2, 0) is 11.8 Å². The summed E-state index contributed by atoms with van der Waals surface area (Å²) >= 11 is 6.40. The number of benzene rings is 1. The molecule has 4 aliphatic rings. The number of methoxy groups -OCH3 is 1. The number of rotatable bonds is 2. The Morgan fingerprint density at radius 3 is 2.92 bits per heavy atom. The third-order valence-electron chi connectivity index (χ3n) is 7.02. The third-order valence-corrected chi connectivity index (χ3v) is 7.57. The number of hydrogen-bond donors (Lipinski definition) is 1. The smallest absolute Gasteiger partial charge is 0.165 e. The predicted octanol–water partition coefficient (Wildman–Crippen LogP) is -0.784. The van der Waals surface area contributed by atoms with Crippen molar-refractivity contribution in [3.05, 3.63) is 35.4 Å². The average molecular weight is 476 g/mol. The fourth-order valence-electron chi connectivity index (χ4n) is 5.79. The second-order valence-electron chi connectivity index (χ2n) is 7.96. The zero-order valence-corrected chi connectivity index (χ0v) is 17.3. The van der Waals surface area contributed by atoms with E-state index in [-0.39, 0.29) is 35.5 Å². The van der Waals surface area contributed by atoms with Crippen LogP contribution in [0.2, 0.25) is 0 Å². The van der Waals surface area contributed by atoms with Gasteiger partial charge in [-0.3, -0.25) is 0 Å². The lowest BCUT2D eigenvalue weighted by molar-refractivity contribution is -0.934. The highest BCUT2D eigenvalue weighted by molar-refractivity contribution is 6.17. The van der Waals surface area contributed by atoms with E-state index in [2.05, 4.69) is 19.2 Å². The normalized spacial score (nSPS) is 42.2. The molecule has 1 fully saturated rings. The number of piperidine rings is 1. The summed E-state index contributed by atoms with van der Waals surface area (Å²) in [6.45, 7) is 1.02. The van der Waals surface area contributed by atoms with Gasteiger partial charge in [0.2, 0.25) is 0 Å². The van der Waals surface area contributed by atoms with Crippen molar-refractivity contribution < 1.29 is 43.0 Å². The van der Waals surface area contributed by atoms with Gasteiger partial charge in [0.05, 0.1) is 26.1 Å². The lowest BCUT2D eigenvalue weighted by Gasteiger charge is -2.59. The fraction of sp³-hybridized carbons (Fsp3) is 0.579. The molecule has 1 aromatic carbocycles. The van der Waals surface area contributed by atoms with Gasteiger partial charge in [0.15, 0.2) is 17.5 Å². The van der Waals surface area contributed by atoms with E-state index in [0.717, 1.165) is 35.4 Å². The first kappa shape index (κ1) is 17.9. The molecule has 25 heavy (non-hydrogen) atoms. The monoisotopic (exact) mass is 475 g/mol. The van der Waals surface area contributed by atoms with Crippen LogP contribution in [0.4, 0.5) is 0 Å². The Bertz CT molecular complexity index is 756. The van der Waals surface area contributed by atoms with E-state index in [4.69, 9.17) is 21.1 Å². The number of aliphatic hydroxyl groups is 1. The van der Waals surface area contributed by atoms with Crippen LogP contribution >= 0.6 is 11.6 Å². The van der Waals surface area contributed by atoms with Gasteiger partial charge in [-0.2, -0.15) is 0 Å². The van der Waals surface area contributed by atoms with Crippen molar-refractivity contribution in [2.75, 3.05) is 26.7 Å². The summed E-state index contributed by atoms with van der Waals surface area (Å²) < 4.78 is 12.8. The molecule has 4 nitrogen and oxygen atoms in total. The maximum atomic E-state index is 10.7. The first-order chi connectivity index (χ1) is 11.5. The Morgan fingerprint density at radius 1 is 1.40 bits per heavy atom. The van der Waals surface area contributed by atoms with E-state index in [1.54, 1.807) is 7.11 Å². The van der Waals surface area contributed by atoms with Crippen LogP contribution in [0, 0.1) is 5.92 Å². The number of likely N-dealkylation sites (tertiary alicyclic amines) is 1. The Kier molecular flexibility index (Phi) is 4.11. The van der Waals surface area contributed by atoms with Crippen LogP contribution in [0.5, 0.6) is 11.5 Å². The zero-order valence-electron chi connectivity index (χ0n) is 14.4. The van der Waals surface area contributed by atoms with E-state index in [0.29, 0.717) is 18.0 Å². The minimum atomic E-state index is -0.571. The number of likely N-dealkylation sites (N-methyl/N-ethyl adjacent to an activating group) is 1. The Balaban J connectivity index is 0.00000157. The summed E-state index contributed by atoms with van der Waals surface area (Å²) in [5.41, 5.74) is 2.49. The minimum absolute atomic E-state index is 0. The van der Waals surface area contributed by atoms with E-state index in [1.807, 2.05) is 12.1 Å². The summed E-state index contributed by atoms with van der Waals surface area (Å²) in [6, 6.07) is 5.24. The molecule has 2 aliphatic heterocycles. The van der Waals surface area contributed by atoms with Crippen molar-refractivity contribution in [3.63, 3.8) is 0 Å². The molecule has 1 saturated heterocycles. The lowest BCUT2D eigenvalue weighted by Crippen LogP contribution is -3.00. The first-order valence-corrected chi connectivity index (χ1v) is 9.22. The standard InChI is InChI=1S/C19H23ClNO3.HI/c1-21(10-20)8-7-19-12-4-5-14(22)18(19)24-17-15(23-2)6-3-11(16(17)19)9-13(12)21;/h3-6,12-14,18,22H,7-10H2,1-2H3;1H/q+1;/p-1/t12-,13+,14-,18-,19-,21-;/m0./s1. The molecule has 0 radical (unpaired) electrons. The van der Waals surface area contributed by atoms with Gasteiger partial charge >= 0.3 is 0 Å². The van der Waals surface area contributed by atoms with Crippen molar-refractivity contribution in [2.24, 2.45) is 5.92 Å². The summed E-state index contributed by atoms with van der Waals surface area (Å²) in [7, 11) is 3.95. The number of ether oxygens (including phenoxy) is 2. The molecule has 1 aromatic rings. The van der Waals surface area contributed by atoms with Crippen LogP contribution < -0.4 is 33.5 Å². The van der Waals surface area contributed by atoms with Gasteiger partial charge in [-0.1, -0.05) is 29.8 Å². The van der Waals surface area contributed by atoms with E-state index < -0.39 is 6.10 Å². The number of alkyl halides is 1. The van der Waals surface area contributed by atoms with Crippen molar-refractivity contribution in [3.8, 4) is 11.5 Å². The third kappa shape index (κ3) is 2.01. The van der Waals surface area contributed by atoms with Crippen LogP contribution in [0.3, 0.4) is 0 Å². The molecule has 136 valence electrons. The van der Waals surface area contributed by atoms with Crippen molar-refractivity contribution in [1.29, 1.82) is 0 Å². The Hall–Kier alpha value is -0.500. The molecule has 6 heteroatoms. The molecule has 2 aliphatic carbocycles. The van der Waals surface area contributed by atoms with E-state index in [1.165, 1.54) is 11.1 Å². The van der Waals surface area contributed by atoms with Crippen molar-refractivity contribution >= 4 is 11.6 Å². The van der Waals surface area contributed by atoms with Crippen LogP contribution in [0.15, 0.2) is 24.3 Å². The highest BCUT2D eigenvalue weighted by Crippen LogP contribution is 2.63. The molecule has 5 rings (SSSR count). The van der Waals surface area contributed by atoms with Crippen LogP contribution in [0.1, 0.15) is 17.5 Å². The van der Waals surface area contributed by atoms with Gasteiger partial charge in [-0.05, 0) is 11.6 Å². The molecule has 2 bridgehead atoms. The second kappa shape index (κ2) is 5.75. The lowest BCUT2D eigenvalue weighted by atomic mass is 9.53. The maximum absolute atomic E-state index is 10.7. The van der Waals surface area contributed by atoms with Gasteiger partial charge in [0.25, 0.3) is 0 Å². The molecule has 0 saturated carbocycles. The van der Waals surface area contributed by atoms with E-state index >= 15 is 0 Å². The van der Waals surface area contributed by atoms with Gasteiger partial charge in [0, 0.05) is 24.3 Å². The number of aliphatic hydroxyl groups excluding tert-OH is 1. The highest BCUT2D eigenvalue weighted by Gasteiger charge is 2.67. The van der Waals surface area contributed by atoms with E-state index in [9.17, 15) is 5.11 Å². The predicted molar refractivity (Wildman–Crippen MR) is 91.6 cm³/mol. The van der Waals surface area contributed by atoms with Crippen molar-refractivity contribution in [2.45, 2.75) is 36.5 Å². The molecule has 1 spiro atoms. The fourth-order valence-corrected chi connectivity index (χ4v) is 6.09. The Morgan fingerprint density at radius 2 is 2.20 bits per heavy atom. The number of quaternary nitrogens is 1. The van der Waals surface area contributed by atoms with Gasteiger partial charge in [0.1, 0.15) is 18.2 Å². The molecule has 1 N–H and O–H groups in total. The molecule has 0 amide bonds. The molecule has 6 atom stereocenters. The molecule has 2 heterocycles. The van der Waals surface area contributed by atoms with Crippen LogP contribution in [-0.4, -0.2) is 54.5 Å². The van der Waals surface area contributed by atoms with Gasteiger partial charge in [-0.25, -0.2) is 0 Å². The summed E-state index contributed by atoms with van der Waals surface area (Å²) in [6.07, 6.45) is 5.35. The maximum Gasteiger partial charge on any atom is 0.165 e. The molecular formula is C19H23ClINO3. The quantitative estimate of drug-likeness (QED) is 0.201. The topological polar surface area (TPSA) is 38.7 Å². The van der Waals surface area contributed by atoms with Crippen molar-refractivity contribution in [1.82, 2.24) is 0 Å². The average Bonchev–Trinajstić information content (AvgIpc) is 2.95. The molecular weight excluding hydrogens is 453 g/mol. The molecule has 0 aromatic heterocycles. The second-order valence-corrected chi connectivity index (χ2v) is 8.19. The summed E-state index contributed by atoms with van der Waals surface area (Å²) in [5.74, 6) is 1.99. The summed E-state index contributed by atoms with van der Waals surface area (Å²) in [4.78, 5) is 0. The van der Waals surface area contributed by atoms with Gasteiger partial charge < -0.3 is 43.0 Å². The number of halogens is 2. The molecule has 0 unspecified atom stereocenters. The Labute approximate surface area is 170 Å². The number of nitrogens with zero attached hydrogens (tertiary/aromatic N) is 1. The van der Waals surface area contributed by atoms with Crippen LogP contribution in [0.25, 0.3) is 0 Å².